The molecule has 0 bridgehead atoms. The number of hydrogen-bond acceptors (Lipinski definition) is 3. The first-order chi connectivity index (χ1) is 9.74. The van der Waals surface area contributed by atoms with Crippen LogP contribution in [0.4, 0.5) is 5.69 Å². The highest BCUT2D eigenvalue weighted by atomic mass is 16.5. The Kier molecular flexibility index (Phi) is 3.29. The lowest BCUT2D eigenvalue weighted by atomic mass is 10.1. The summed E-state index contributed by atoms with van der Waals surface area (Å²) in [6, 6.07) is 15.9. The predicted molar refractivity (Wildman–Crippen MR) is 80.4 cm³/mol. The molecular weight excluding hydrogens is 250 g/mol. The molecule has 102 valence electrons. The number of benzene rings is 2. The Morgan fingerprint density at radius 1 is 1.10 bits per heavy atom. The van der Waals surface area contributed by atoms with E-state index in [9.17, 15) is 0 Å². The highest BCUT2D eigenvalue weighted by Gasteiger charge is 2.15. The topological polar surface area (TPSA) is 62.3 Å². The predicted octanol–water partition coefficient (Wildman–Crippen LogP) is 2.37. The molecule has 0 atom stereocenters. The average molecular weight is 267 g/mol. The first kappa shape index (κ1) is 12.5. The molecule has 0 spiro atoms. The summed E-state index contributed by atoms with van der Waals surface area (Å²) in [6.45, 7) is 2.34. The number of anilines is 1. The minimum Gasteiger partial charge on any atom is -0.491 e. The van der Waals surface area contributed by atoms with Gasteiger partial charge in [0.1, 0.15) is 18.2 Å². The van der Waals surface area contributed by atoms with Crippen molar-refractivity contribution in [2.45, 2.75) is 6.54 Å². The van der Waals surface area contributed by atoms with Gasteiger partial charge in [0.05, 0.1) is 6.54 Å². The summed E-state index contributed by atoms with van der Waals surface area (Å²) >= 11 is 0. The zero-order valence-corrected chi connectivity index (χ0v) is 11.2. The van der Waals surface area contributed by atoms with Crippen LogP contribution >= 0.6 is 0 Å². The molecule has 0 amide bonds. The van der Waals surface area contributed by atoms with Gasteiger partial charge in [0.2, 0.25) is 0 Å². The number of hydrogen-bond donors (Lipinski definition) is 2. The summed E-state index contributed by atoms with van der Waals surface area (Å²) in [5.74, 6) is 1.07. The molecule has 3 rings (SSSR count). The van der Waals surface area contributed by atoms with Crippen LogP contribution in [0.2, 0.25) is 0 Å². The van der Waals surface area contributed by atoms with Crippen LogP contribution in [0.25, 0.3) is 0 Å². The molecule has 2 aromatic carbocycles. The maximum absolute atomic E-state index is 7.43. The third-order valence-corrected chi connectivity index (χ3v) is 3.50. The van der Waals surface area contributed by atoms with Gasteiger partial charge in [-0.05, 0) is 30.3 Å². The standard InChI is InChI=1S/C16H17N3O/c17-16(18)12-5-7-14(8-6-12)19-9-10-20-15-4-2-1-3-13(15)11-19/h1-8H,9-11H2,(H3,17,18). The summed E-state index contributed by atoms with van der Waals surface area (Å²) in [5.41, 5.74) is 8.55. The third-order valence-electron chi connectivity index (χ3n) is 3.50. The Balaban J connectivity index is 1.85. The molecule has 3 N–H and O–H groups in total. The Labute approximate surface area is 118 Å². The molecule has 1 aliphatic rings. The lowest BCUT2D eigenvalue weighted by Crippen LogP contribution is -2.25. The molecule has 0 saturated carbocycles. The van der Waals surface area contributed by atoms with Crippen molar-refractivity contribution < 1.29 is 4.74 Å². The van der Waals surface area contributed by atoms with Gasteiger partial charge in [0, 0.05) is 23.4 Å². The number of rotatable bonds is 2. The van der Waals surface area contributed by atoms with Gasteiger partial charge < -0.3 is 15.4 Å². The van der Waals surface area contributed by atoms with Crippen LogP contribution in [0, 0.1) is 5.41 Å². The summed E-state index contributed by atoms with van der Waals surface area (Å²) in [4.78, 5) is 2.27. The Hall–Kier alpha value is -2.49. The molecule has 4 nitrogen and oxygen atoms in total. The van der Waals surface area contributed by atoms with Gasteiger partial charge in [-0.2, -0.15) is 0 Å². The van der Waals surface area contributed by atoms with Crippen LogP contribution in [0.1, 0.15) is 11.1 Å². The van der Waals surface area contributed by atoms with Crippen LogP contribution < -0.4 is 15.4 Å². The van der Waals surface area contributed by atoms with E-state index in [4.69, 9.17) is 15.9 Å². The maximum atomic E-state index is 7.43. The van der Waals surface area contributed by atoms with E-state index in [-0.39, 0.29) is 5.84 Å². The highest BCUT2D eigenvalue weighted by Crippen LogP contribution is 2.26. The monoisotopic (exact) mass is 267 g/mol. The summed E-state index contributed by atoms with van der Waals surface area (Å²) < 4.78 is 5.77. The van der Waals surface area contributed by atoms with Crippen molar-refractivity contribution in [2.24, 2.45) is 5.73 Å². The lowest BCUT2D eigenvalue weighted by Gasteiger charge is -2.22. The van der Waals surface area contributed by atoms with E-state index in [0.29, 0.717) is 6.61 Å². The van der Waals surface area contributed by atoms with E-state index in [1.807, 2.05) is 42.5 Å². The fourth-order valence-corrected chi connectivity index (χ4v) is 2.40. The molecule has 0 fully saturated rings. The second kappa shape index (κ2) is 5.25. The van der Waals surface area contributed by atoms with E-state index in [2.05, 4.69) is 11.0 Å². The summed E-state index contributed by atoms with van der Waals surface area (Å²) in [7, 11) is 0. The third kappa shape index (κ3) is 2.45. The number of para-hydroxylation sites is 1. The van der Waals surface area contributed by atoms with Crippen LogP contribution in [-0.2, 0) is 6.54 Å². The van der Waals surface area contributed by atoms with Crippen molar-refractivity contribution in [2.75, 3.05) is 18.1 Å². The molecule has 0 aliphatic carbocycles. The smallest absolute Gasteiger partial charge is 0.124 e. The van der Waals surface area contributed by atoms with Crippen LogP contribution in [-0.4, -0.2) is 19.0 Å². The Morgan fingerprint density at radius 3 is 2.60 bits per heavy atom. The normalized spacial score (nSPS) is 14.1. The van der Waals surface area contributed by atoms with Crippen molar-refractivity contribution in [3.05, 3.63) is 59.7 Å². The minimum absolute atomic E-state index is 0.0982. The van der Waals surface area contributed by atoms with E-state index in [1.165, 1.54) is 5.56 Å². The van der Waals surface area contributed by atoms with Crippen molar-refractivity contribution in [1.82, 2.24) is 0 Å². The molecule has 0 aromatic heterocycles. The largest absolute Gasteiger partial charge is 0.491 e. The van der Waals surface area contributed by atoms with Crippen LogP contribution in [0.3, 0.4) is 0 Å². The SMILES string of the molecule is N=C(N)c1ccc(N2CCOc3ccccc3C2)cc1. The van der Waals surface area contributed by atoms with Gasteiger partial charge in [0.15, 0.2) is 0 Å². The zero-order valence-electron chi connectivity index (χ0n) is 11.2. The average Bonchev–Trinajstić information content (AvgIpc) is 2.69. The molecule has 2 aromatic rings. The lowest BCUT2D eigenvalue weighted by molar-refractivity contribution is 0.331. The van der Waals surface area contributed by atoms with Crippen LogP contribution in [0.5, 0.6) is 5.75 Å². The molecule has 1 heterocycles. The second-order valence-corrected chi connectivity index (χ2v) is 4.84. The molecular formula is C16H17N3O. The van der Waals surface area contributed by atoms with Crippen molar-refractivity contribution in [3.63, 3.8) is 0 Å². The molecule has 0 unspecified atom stereocenters. The van der Waals surface area contributed by atoms with Gasteiger partial charge in [-0.25, -0.2) is 0 Å². The fourth-order valence-electron chi connectivity index (χ4n) is 2.40. The van der Waals surface area contributed by atoms with Gasteiger partial charge >= 0.3 is 0 Å². The first-order valence-electron chi connectivity index (χ1n) is 6.64. The highest BCUT2D eigenvalue weighted by molar-refractivity contribution is 5.95. The number of ether oxygens (including phenoxy) is 1. The van der Waals surface area contributed by atoms with Crippen molar-refractivity contribution in [3.8, 4) is 5.75 Å². The van der Waals surface area contributed by atoms with E-state index in [0.717, 1.165) is 30.1 Å². The molecule has 20 heavy (non-hydrogen) atoms. The van der Waals surface area contributed by atoms with Crippen molar-refractivity contribution in [1.29, 1.82) is 5.41 Å². The first-order valence-corrected chi connectivity index (χ1v) is 6.64. The summed E-state index contributed by atoms with van der Waals surface area (Å²) in [5, 5.41) is 7.43. The van der Waals surface area contributed by atoms with Gasteiger partial charge in [-0.3, -0.25) is 5.41 Å². The summed E-state index contributed by atoms with van der Waals surface area (Å²) in [6.07, 6.45) is 0. The number of nitrogen functional groups attached to an aromatic ring is 1. The second-order valence-electron chi connectivity index (χ2n) is 4.84. The Bertz CT molecular complexity index is 622. The molecule has 0 radical (unpaired) electrons. The Morgan fingerprint density at radius 2 is 1.85 bits per heavy atom. The van der Waals surface area contributed by atoms with Gasteiger partial charge in [-0.15, -0.1) is 0 Å². The van der Waals surface area contributed by atoms with E-state index in [1.54, 1.807) is 0 Å². The van der Waals surface area contributed by atoms with Crippen molar-refractivity contribution >= 4 is 11.5 Å². The number of nitrogens with one attached hydrogen (secondary N) is 1. The van der Waals surface area contributed by atoms with E-state index < -0.39 is 0 Å². The van der Waals surface area contributed by atoms with Gasteiger partial charge in [-0.1, -0.05) is 18.2 Å². The number of nitrogens with zero attached hydrogens (tertiary/aromatic N) is 1. The van der Waals surface area contributed by atoms with Crippen LogP contribution in [0.15, 0.2) is 48.5 Å². The fraction of sp³-hybridized carbons (Fsp3) is 0.188. The molecule has 4 heteroatoms. The zero-order chi connectivity index (χ0) is 13.9. The van der Waals surface area contributed by atoms with Gasteiger partial charge in [0.25, 0.3) is 0 Å². The molecule has 0 saturated heterocycles. The minimum atomic E-state index is 0.0982. The maximum Gasteiger partial charge on any atom is 0.124 e. The van der Waals surface area contributed by atoms with E-state index >= 15 is 0 Å². The number of nitrogens with two attached hydrogens (primary N) is 1. The number of fused-ring (bicyclic) bond motifs is 1. The molecule has 1 aliphatic heterocycles. The number of amidine groups is 1. The quantitative estimate of drug-likeness (QED) is 0.648.